The van der Waals surface area contributed by atoms with Gasteiger partial charge in [0.2, 0.25) is 5.88 Å². The van der Waals surface area contributed by atoms with E-state index in [0.717, 1.165) is 17.9 Å². The Hall–Kier alpha value is -1.59. The second-order valence-corrected chi connectivity index (χ2v) is 5.36. The van der Waals surface area contributed by atoms with Gasteiger partial charge in [0, 0.05) is 13.6 Å². The van der Waals surface area contributed by atoms with Crippen LogP contribution in [0.4, 0.5) is 5.69 Å². The topological polar surface area (TPSA) is 47.0 Å². The molecule has 1 heterocycles. The molecule has 0 amide bonds. The molecule has 22 heavy (non-hydrogen) atoms. The zero-order chi connectivity index (χ0) is 16.5. The Balaban J connectivity index is 2.76. The first-order valence-corrected chi connectivity index (χ1v) is 7.62. The van der Waals surface area contributed by atoms with E-state index >= 15 is 0 Å². The van der Waals surface area contributed by atoms with Gasteiger partial charge in [-0.25, -0.2) is 9.98 Å². The number of hydrogen-bond donors (Lipinski definition) is 0. The highest BCUT2D eigenvalue weighted by molar-refractivity contribution is 6.32. The molecule has 1 unspecified atom stereocenters. The molecule has 5 nitrogen and oxygen atoms in total. The zero-order valence-corrected chi connectivity index (χ0v) is 14.4. The summed E-state index contributed by atoms with van der Waals surface area (Å²) < 4.78 is 11.1. The van der Waals surface area contributed by atoms with E-state index in [-0.39, 0.29) is 6.10 Å². The summed E-state index contributed by atoms with van der Waals surface area (Å²) >= 11 is 6.22. The molecule has 122 valence electrons. The van der Waals surface area contributed by atoms with Crippen molar-refractivity contribution in [3.05, 3.63) is 29.4 Å². The second-order valence-electron chi connectivity index (χ2n) is 4.95. The minimum absolute atomic E-state index is 0.148. The molecule has 6 heteroatoms. The molecule has 0 aliphatic rings. The van der Waals surface area contributed by atoms with Gasteiger partial charge in [-0.2, -0.15) is 0 Å². The van der Waals surface area contributed by atoms with E-state index in [1.165, 1.54) is 0 Å². The highest BCUT2D eigenvalue weighted by Crippen LogP contribution is 2.29. The molecule has 0 bridgehead atoms. The number of nitrogens with zero attached hydrogens (tertiary/aromatic N) is 3. The summed E-state index contributed by atoms with van der Waals surface area (Å²) in [6, 6.07) is 1.76. The van der Waals surface area contributed by atoms with Gasteiger partial charge in [0.25, 0.3) is 0 Å². The van der Waals surface area contributed by atoms with Crippen LogP contribution in [0.25, 0.3) is 0 Å². The molecule has 1 aromatic heterocycles. The first-order valence-electron chi connectivity index (χ1n) is 7.24. The van der Waals surface area contributed by atoms with Gasteiger partial charge >= 0.3 is 0 Å². The maximum absolute atomic E-state index is 6.22. The van der Waals surface area contributed by atoms with E-state index in [4.69, 9.17) is 21.1 Å². The molecule has 0 saturated carbocycles. The summed E-state index contributed by atoms with van der Waals surface area (Å²) in [5, 5.41) is 0.437. The molecule has 0 N–H and O–H groups in total. The van der Waals surface area contributed by atoms with Crippen LogP contribution in [-0.2, 0) is 4.74 Å². The number of ether oxygens (including phenoxy) is 2. The lowest BCUT2D eigenvalue weighted by atomic mass is 10.3. The Morgan fingerprint density at radius 3 is 2.91 bits per heavy atom. The molecule has 1 rings (SSSR count). The molecule has 1 aromatic rings. The van der Waals surface area contributed by atoms with E-state index in [0.29, 0.717) is 24.1 Å². The Morgan fingerprint density at radius 1 is 1.55 bits per heavy atom. The van der Waals surface area contributed by atoms with Gasteiger partial charge in [-0.1, -0.05) is 17.7 Å². The van der Waals surface area contributed by atoms with Gasteiger partial charge in [0.05, 0.1) is 30.9 Å². The maximum Gasteiger partial charge on any atom is 0.233 e. The predicted molar refractivity (Wildman–Crippen MR) is 91.5 cm³/mol. The number of halogens is 1. The van der Waals surface area contributed by atoms with Crippen molar-refractivity contribution < 1.29 is 9.47 Å². The van der Waals surface area contributed by atoms with Crippen LogP contribution in [-0.4, -0.2) is 49.1 Å². The fourth-order valence-corrected chi connectivity index (χ4v) is 1.74. The number of aliphatic imine (C=N–C) groups is 1. The van der Waals surface area contributed by atoms with Gasteiger partial charge in [-0.15, -0.1) is 6.58 Å². The van der Waals surface area contributed by atoms with Gasteiger partial charge in [0.1, 0.15) is 11.1 Å². The van der Waals surface area contributed by atoms with E-state index in [1.54, 1.807) is 18.5 Å². The highest BCUT2D eigenvalue weighted by Gasteiger charge is 2.12. The maximum atomic E-state index is 6.22. The quantitative estimate of drug-likeness (QED) is 0.301. The standard InChI is InChI=1S/C16H24ClN3O2/c1-6-8-21-10-12(3)22-16-14(17)9-15(13(4)19-16)18-11-20(5)7-2/h6,9,11-12H,1,7-8,10H2,2-5H3/b18-11-. The average Bonchev–Trinajstić information content (AvgIpc) is 2.49. The summed E-state index contributed by atoms with van der Waals surface area (Å²) in [5.41, 5.74) is 1.49. The summed E-state index contributed by atoms with van der Waals surface area (Å²) in [4.78, 5) is 10.7. The minimum atomic E-state index is -0.148. The molecular formula is C16H24ClN3O2. The van der Waals surface area contributed by atoms with Crippen LogP contribution < -0.4 is 4.74 Å². The van der Waals surface area contributed by atoms with Crippen LogP contribution in [0.5, 0.6) is 5.88 Å². The predicted octanol–water partition coefficient (Wildman–Crippen LogP) is 3.62. The van der Waals surface area contributed by atoms with Crippen LogP contribution in [0.15, 0.2) is 23.7 Å². The smallest absolute Gasteiger partial charge is 0.233 e. The van der Waals surface area contributed by atoms with E-state index < -0.39 is 0 Å². The van der Waals surface area contributed by atoms with Gasteiger partial charge in [-0.05, 0) is 26.8 Å². The molecule has 0 aliphatic heterocycles. The van der Waals surface area contributed by atoms with Gasteiger partial charge < -0.3 is 14.4 Å². The largest absolute Gasteiger partial charge is 0.471 e. The first kappa shape index (κ1) is 18.5. The number of pyridine rings is 1. The van der Waals surface area contributed by atoms with E-state index in [1.807, 2.05) is 25.8 Å². The van der Waals surface area contributed by atoms with Crippen LogP contribution in [0.2, 0.25) is 5.02 Å². The van der Waals surface area contributed by atoms with E-state index in [9.17, 15) is 0 Å². The Morgan fingerprint density at radius 2 is 2.27 bits per heavy atom. The monoisotopic (exact) mass is 325 g/mol. The SMILES string of the molecule is C=CCOCC(C)Oc1nc(C)c(/N=C\N(C)CC)cc1Cl. The lowest BCUT2D eigenvalue weighted by molar-refractivity contribution is 0.0711. The van der Waals surface area contributed by atoms with Crippen LogP contribution in [0, 0.1) is 6.92 Å². The Labute approximate surface area is 137 Å². The van der Waals surface area contributed by atoms with Crippen LogP contribution >= 0.6 is 11.6 Å². The van der Waals surface area contributed by atoms with Crippen molar-refractivity contribution in [2.24, 2.45) is 4.99 Å². The molecule has 0 fully saturated rings. The fraction of sp³-hybridized carbons (Fsp3) is 0.500. The number of aromatic nitrogens is 1. The molecule has 1 atom stereocenters. The van der Waals surface area contributed by atoms with Gasteiger partial charge in [-0.3, -0.25) is 0 Å². The third-order valence-corrected chi connectivity index (χ3v) is 3.17. The lowest BCUT2D eigenvalue weighted by Gasteiger charge is -2.15. The van der Waals surface area contributed by atoms with Crippen molar-refractivity contribution in [3.8, 4) is 5.88 Å². The van der Waals surface area contributed by atoms with Crippen molar-refractivity contribution in [3.63, 3.8) is 0 Å². The Kier molecular flexibility index (Phi) is 7.91. The molecule has 0 spiro atoms. The molecule has 0 aliphatic carbocycles. The van der Waals surface area contributed by atoms with Crippen LogP contribution in [0.3, 0.4) is 0 Å². The molecular weight excluding hydrogens is 302 g/mol. The van der Waals surface area contributed by atoms with Crippen LogP contribution in [0.1, 0.15) is 19.5 Å². The number of aryl methyl sites for hydroxylation is 1. The third-order valence-electron chi connectivity index (χ3n) is 2.90. The van der Waals surface area contributed by atoms with Gasteiger partial charge in [0.15, 0.2) is 0 Å². The highest BCUT2D eigenvalue weighted by atomic mass is 35.5. The average molecular weight is 326 g/mol. The first-order chi connectivity index (χ1) is 10.5. The summed E-state index contributed by atoms with van der Waals surface area (Å²) in [5.74, 6) is 0.400. The van der Waals surface area contributed by atoms with Crippen molar-refractivity contribution >= 4 is 23.6 Å². The molecule has 0 saturated heterocycles. The van der Waals surface area contributed by atoms with Crippen molar-refractivity contribution in [2.75, 3.05) is 26.8 Å². The van der Waals surface area contributed by atoms with Crippen molar-refractivity contribution in [2.45, 2.75) is 26.9 Å². The molecule has 0 aromatic carbocycles. The Bertz CT molecular complexity index is 520. The van der Waals surface area contributed by atoms with E-state index in [2.05, 4.69) is 23.5 Å². The fourth-order valence-electron chi connectivity index (χ4n) is 1.55. The minimum Gasteiger partial charge on any atom is -0.471 e. The lowest BCUT2D eigenvalue weighted by Crippen LogP contribution is -2.20. The summed E-state index contributed by atoms with van der Waals surface area (Å²) in [6.07, 6.45) is 3.30. The number of hydrogen-bond acceptors (Lipinski definition) is 4. The summed E-state index contributed by atoms with van der Waals surface area (Å²) in [6.45, 7) is 11.2. The summed E-state index contributed by atoms with van der Waals surface area (Å²) in [7, 11) is 1.95. The van der Waals surface area contributed by atoms with Crippen molar-refractivity contribution in [1.29, 1.82) is 0 Å². The second kappa shape index (κ2) is 9.43. The van der Waals surface area contributed by atoms with Crippen molar-refractivity contribution in [1.82, 2.24) is 9.88 Å². The zero-order valence-electron chi connectivity index (χ0n) is 13.7. The normalized spacial score (nSPS) is 12.4. The molecule has 0 radical (unpaired) electrons. The number of rotatable bonds is 9. The third kappa shape index (κ3) is 6.03.